The molecule has 2 aromatic carbocycles. The highest BCUT2D eigenvalue weighted by atomic mass is 32.2. The Morgan fingerprint density at radius 3 is 2.63 bits per heavy atom. The van der Waals surface area contributed by atoms with Crippen LogP contribution in [0.2, 0.25) is 0 Å². The van der Waals surface area contributed by atoms with Crippen molar-refractivity contribution in [2.45, 2.75) is 50.1 Å². The van der Waals surface area contributed by atoms with Gasteiger partial charge in [-0.25, -0.2) is 8.42 Å². The van der Waals surface area contributed by atoms with Crippen LogP contribution in [0.1, 0.15) is 48.7 Å². The number of likely N-dealkylation sites (tertiary alicyclic amines) is 1. The fourth-order valence-corrected chi connectivity index (χ4v) is 6.31. The van der Waals surface area contributed by atoms with E-state index in [1.807, 2.05) is 6.07 Å². The second-order valence-corrected chi connectivity index (χ2v) is 11.7. The molecule has 0 saturated carbocycles. The van der Waals surface area contributed by atoms with E-state index in [0.29, 0.717) is 23.1 Å². The predicted molar refractivity (Wildman–Crippen MR) is 148 cm³/mol. The molecule has 200 valence electrons. The van der Waals surface area contributed by atoms with Gasteiger partial charge in [-0.2, -0.15) is 0 Å². The first-order valence-electron chi connectivity index (χ1n) is 12.9. The van der Waals surface area contributed by atoms with E-state index in [1.165, 1.54) is 31.9 Å². The Kier molecular flexibility index (Phi) is 7.58. The van der Waals surface area contributed by atoms with Crippen LogP contribution in [0.15, 0.2) is 76.1 Å². The van der Waals surface area contributed by atoms with Crippen molar-refractivity contribution in [2.75, 3.05) is 25.0 Å². The number of hydrogen-bond acceptors (Lipinski definition) is 6. The predicted octanol–water partition coefficient (Wildman–Crippen LogP) is 5.93. The van der Waals surface area contributed by atoms with Crippen molar-refractivity contribution in [1.82, 2.24) is 15.0 Å². The monoisotopic (exact) mass is 534 g/mol. The molecule has 1 saturated heterocycles. The highest BCUT2D eigenvalue weighted by Gasteiger charge is 2.26. The molecule has 1 N–H and O–H groups in total. The lowest BCUT2D eigenvalue weighted by atomic mass is 10.0. The Bertz CT molecular complexity index is 1480. The summed E-state index contributed by atoms with van der Waals surface area (Å²) >= 11 is 0. The summed E-state index contributed by atoms with van der Waals surface area (Å²) < 4.78 is 38.6. The molecule has 1 aliphatic heterocycles. The third-order valence-corrected chi connectivity index (χ3v) is 8.98. The van der Waals surface area contributed by atoms with E-state index in [4.69, 9.17) is 9.26 Å². The number of methoxy groups -OCH3 is 1. The second-order valence-electron chi connectivity index (χ2n) is 9.77. The summed E-state index contributed by atoms with van der Waals surface area (Å²) in [6.07, 6.45) is 4.80. The van der Waals surface area contributed by atoms with Crippen LogP contribution in [-0.2, 0) is 16.6 Å². The SMILES string of the molecule is COc1ccc(S(=O)(=O)N(C)c2cc(C)on2)cc1-c1ccc(CN2CCCCC[C@@H]2c2ccccc2)[nH]1. The largest absolute Gasteiger partial charge is 0.496 e. The molecule has 0 unspecified atom stereocenters. The van der Waals surface area contributed by atoms with E-state index in [0.717, 1.165) is 35.2 Å². The van der Waals surface area contributed by atoms with Gasteiger partial charge in [0.1, 0.15) is 11.5 Å². The Hall–Kier alpha value is -3.56. The normalized spacial score (nSPS) is 16.8. The van der Waals surface area contributed by atoms with Gasteiger partial charge < -0.3 is 14.2 Å². The number of hydrogen-bond donors (Lipinski definition) is 1. The van der Waals surface area contributed by atoms with Gasteiger partial charge in [0, 0.05) is 42.7 Å². The minimum Gasteiger partial charge on any atom is -0.496 e. The van der Waals surface area contributed by atoms with Crippen LogP contribution >= 0.6 is 0 Å². The molecule has 5 rings (SSSR count). The maximum atomic E-state index is 13.4. The highest BCUT2D eigenvalue weighted by molar-refractivity contribution is 7.92. The second kappa shape index (κ2) is 11.0. The number of sulfonamides is 1. The number of anilines is 1. The highest BCUT2D eigenvalue weighted by Crippen LogP contribution is 2.35. The Morgan fingerprint density at radius 1 is 1.08 bits per heavy atom. The molecule has 8 nitrogen and oxygen atoms in total. The van der Waals surface area contributed by atoms with Crippen LogP contribution in [0.25, 0.3) is 11.3 Å². The van der Waals surface area contributed by atoms with Crippen LogP contribution in [0.3, 0.4) is 0 Å². The van der Waals surface area contributed by atoms with Gasteiger partial charge in [0.15, 0.2) is 5.82 Å². The van der Waals surface area contributed by atoms with Gasteiger partial charge in [0.05, 0.1) is 12.0 Å². The lowest BCUT2D eigenvalue weighted by Crippen LogP contribution is -2.28. The zero-order valence-corrected chi connectivity index (χ0v) is 22.9. The summed E-state index contributed by atoms with van der Waals surface area (Å²) in [7, 11) is -0.807. The Morgan fingerprint density at radius 2 is 1.89 bits per heavy atom. The van der Waals surface area contributed by atoms with E-state index < -0.39 is 10.0 Å². The average molecular weight is 535 g/mol. The molecule has 0 aliphatic carbocycles. The van der Waals surface area contributed by atoms with E-state index in [9.17, 15) is 8.42 Å². The van der Waals surface area contributed by atoms with Crippen molar-refractivity contribution in [3.8, 4) is 17.0 Å². The lowest BCUT2D eigenvalue weighted by Gasteiger charge is -2.30. The standard InChI is InChI=1S/C29H34N4O4S/c1-21-18-29(31-37-21)32(2)38(34,35)24-14-16-28(36-3)25(19-24)26-15-13-23(30-26)20-33-17-9-5-8-12-27(33)22-10-6-4-7-11-22/h4,6-7,10-11,13-16,18-19,27,30H,5,8-9,12,17,20H2,1-3H3/t27-/m1/s1. The summed E-state index contributed by atoms with van der Waals surface area (Å²) in [4.78, 5) is 6.22. The van der Waals surface area contributed by atoms with Gasteiger partial charge in [-0.05, 0) is 62.2 Å². The number of aromatic nitrogens is 2. The van der Waals surface area contributed by atoms with Crippen LogP contribution in [-0.4, -0.2) is 44.2 Å². The number of rotatable bonds is 8. The molecule has 0 spiro atoms. The third kappa shape index (κ3) is 5.35. The lowest BCUT2D eigenvalue weighted by molar-refractivity contribution is 0.190. The molecule has 0 radical (unpaired) electrons. The summed E-state index contributed by atoms with van der Waals surface area (Å²) in [6, 6.07) is 21.6. The summed E-state index contributed by atoms with van der Waals surface area (Å²) in [5, 5.41) is 3.85. The molecule has 1 aliphatic rings. The zero-order valence-electron chi connectivity index (χ0n) is 22.1. The van der Waals surface area contributed by atoms with Gasteiger partial charge in [-0.15, -0.1) is 0 Å². The van der Waals surface area contributed by atoms with E-state index >= 15 is 0 Å². The Balaban J connectivity index is 1.42. The number of nitrogens with one attached hydrogen (secondary N) is 1. The molecule has 4 aromatic rings. The Labute approximate surface area is 224 Å². The van der Waals surface area contributed by atoms with Gasteiger partial charge in [-0.3, -0.25) is 9.21 Å². The average Bonchev–Trinajstić information content (AvgIpc) is 3.52. The molecule has 3 heterocycles. The zero-order chi connectivity index (χ0) is 26.7. The van der Waals surface area contributed by atoms with Crippen molar-refractivity contribution in [1.29, 1.82) is 0 Å². The molecule has 0 amide bonds. The number of aromatic amines is 1. The van der Waals surface area contributed by atoms with Crippen LogP contribution in [0.4, 0.5) is 5.82 Å². The molecule has 9 heteroatoms. The minimum absolute atomic E-state index is 0.143. The third-order valence-electron chi connectivity index (χ3n) is 7.23. The van der Waals surface area contributed by atoms with Gasteiger partial charge in [-0.1, -0.05) is 48.3 Å². The molecule has 2 aromatic heterocycles. The number of aryl methyl sites for hydroxylation is 1. The number of benzene rings is 2. The maximum absolute atomic E-state index is 13.4. The van der Waals surface area contributed by atoms with E-state index in [2.05, 4.69) is 51.4 Å². The first-order chi connectivity index (χ1) is 18.4. The molecule has 0 bridgehead atoms. The first-order valence-corrected chi connectivity index (χ1v) is 14.4. The molecule has 1 atom stereocenters. The molecular weight excluding hydrogens is 500 g/mol. The summed E-state index contributed by atoms with van der Waals surface area (Å²) in [5.74, 6) is 1.36. The van der Waals surface area contributed by atoms with Crippen LogP contribution < -0.4 is 9.04 Å². The number of H-pyrrole nitrogens is 1. The number of ether oxygens (including phenoxy) is 1. The number of nitrogens with zero attached hydrogens (tertiary/aromatic N) is 3. The topological polar surface area (TPSA) is 91.7 Å². The van der Waals surface area contributed by atoms with Gasteiger partial charge in [0.25, 0.3) is 10.0 Å². The molecule has 38 heavy (non-hydrogen) atoms. The smallest absolute Gasteiger partial charge is 0.265 e. The van der Waals surface area contributed by atoms with Crippen molar-refractivity contribution < 1.29 is 17.7 Å². The van der Waals surface area contributed by atoms with Crippen molar-refractivity contribution in [3.63, 3.8) is 0 Å². The van der Waals surface area contributed by atoms with Crippen molar-refractivity contribution in [2.24, 2.45) is 0 Å². The molecule has 1 fully saturated rings. The van der Waals surface area contributed by atoms with Gasteiger partial charge in [0.2, 0.25) is 0 Å². The van der Waals surface area contributed by atoms with Crippen molar-refractivity contribution in [3.05, 3.63) is 83.7 Å². The fourth-order valence-electron chi connectivity index (χ4n) is 5.16. The van der Waals surface area contributed by atoms with E-state index in [-0.39, 0.29) is 10.7 Å². The minimum atomic E-state index is -3.86. The molecular formula is C29H34N4O4S. The van der Waals surface area contributed by atoms with E-state index in [1.54, 1.807) is 38.3 Å². The van der Waals surface area contributed by atoms with Crippen molar-refractivity contribution >= 4 is 15.8 Å². The first kappa shape index (κ1) is 26.1. The fraction of sp³-hybridized carbons (Fsp3) is 0.345. The maximum Gasteiger partial charge on any atom is 0.265 e. The quantitative estimate of drug-likeness (QED) is 0.301. The van der Waals surface area contributed by atoms with Gasteiger partial charge >= 0.3 is 0 Å². The summed E-state index contributed by atoms with van der Waals surface area (Å²) in [5.41, 5.74) is 3.92. The van der Waals surface area contributed by atoms with Crippen LogP contribution in [0.5, 0.6) is 5.75 Å². The van der Waals surface area contributed by atoms with Crippen LogP contribution in [0, 0.1) is 6.92 Å². The summed E-state index contributed by atoms with van der Waals surface area (Å²) in [6.45, 7) is 3.55.